The van der Waals surface area contributed by atoms with Crippen LogP contribution in [0.2, 0.25) is 5.02 Å². The highest BCUT2D eigenvalue weighted by Crippen LogP contribution is 2.36. The molecule has 1 N–H and O–H groups in total. The van der Waals surface area contributed by atoms with Crippen LogP contribution >= 0.6 is 11.6 Å². The fourth-order valence-corrected chi connectivity index (χ4v) is 4.83. The van der Waals surface area contributed by atoms with Crippen molar-refractivity contribution in [1.29, 1.82) is 0 Å². The zero-order valence-corrected chi connectivity index (χ0v) is 23.2. The van der Waals surface area contributed by atoms with Crippen molar-refractivity contribution >= 4 is 39.1 Å². The molecule has 0 aromatic heterocycles. The average Bonchev–Trinajstić information content (AvgIpc) is 2.81. The van der Waals surface area contributed by atoms with E-state index in [1.807, 2.05) is 0 Å². The van der Waals surface area contributed by atoms with E-state index >= 15 is 0 Å². The third-order valence-corrected chi connectivity index (χ3v) is 7.00. The Kier molecular flexibility index (Phi) is 10.4. The van der Waals surface area contributed by atoms with Crippen LogP contribution < -0.4 is 14.4 Å². The topological polar surface area (TPSA) is 96.0 Å². The second-order valence-corrected chi connectivity index (χ2v) is 11.2. The molecule has 0 saturated carbocycles. The van der Waals surface area contributed by atoms with Crippen LogP contribution in [0.4, 0.5) is 18.9 Å². The van der Waals surface area contributed by atoms with Gasteiger partial charge in [0.05, 0.1) is 29.6 Å². The van der Waals surface area contributed by atoms with Gasteiger partial charge < -0.3 is 15.0 Å². The number of halogens is 4. The molecule has 0 radical (unpaired) electrons. The number of anilines is 1. The molecule has 0 aliphatic heterocycles. The number of hydrogen-bond acceptors (Lipinski definition) is 5. The van der Waals surface area contributed by atoms with Crippen molar-refractivity contribution in [2.45, 2.75) is 52.0 Å². The van der Waals surface area contributed by atoms with Crippen molar-refractivity contribution in [1.82, 2.24) is 10.2 Å². The molecule has 210 valence electrons. The number of nitrogens with zero attached hydrogens (tertiary/aromatic N) is 2. The minimum atomic E-state index is -4.77. The normalized spacial score (nSPS) is 12.7. The van der Waals surface area contributed by atoms with Gasteiger partial charge in [0.25, 0.3) is 0 Å². The molecule has 2 rings (SSSR count). The lowest BCUT2D eigenvalue weighted by Gasteiger charge is -2.33. The summed E-state index contributed by atoms with van der Waals surface area (Å²) in [5.41, 5.74) is -1.00. The molecule has 2 amide bonds. The predicted octanol–water partition coefficient (Wildman–Crippen LogP) is 4.47. The number of rotatable bonds is 11. The van der Waals surface area contributed by atoms with Crippen molar-refractivity contribution in [2.75, 3.05) is 24.2 Å². The van der Waals surface area contributed by atoms with E-state index in [0.29, 0.717) is 27.8 Å². The molecule has 38 heavy (non-hydrogen) atoms. The van der Waals surface area contributed by atoms with E-state index in [1.54, 1.807) is 45.0 Å². The average molecular weight is 578 g/mol. The van der Waals surface area contributed by atoms with Crippen molar-refractivity contribution in [3.8, 4) is 5.75 Å². The van der Waals surface area contributed by atoms with E-state index in [9.17, 15) is 31.2 Å². The molecule has 0 fully saturated rings. The Labute approximate surface area is 225 Å². The summed E-state index contributed by atoms with van der Waals surface area (Å²) in [6.07, 6.45) is -3.81. The Balaban J connectivity index is 2.54. The van der Waals surface area contributed by atoms with E-state index in [0.717, 1.165) is 12.3 Å². The molecule has 2 aromatic rings. The lowest BCUT2D eigenvalue weighted by molar-refractivity contribution is -0.140. The minimum absolute atomic E-state index is 0.0687. The minimum Gasteiger partial charge on any atom is -0.497 e. The maximum Gasteiger partial charge on any atom is 0.416 e. The van der Waals surface area contributed by atoms with E-state index in [4.69, 9.17) is 16.3 Å². The number of carbonyl (C=O) groups excluding carboxylic acids is 2. The van der Waals surface area contributed by atoms with Crippen molar-refractivity contribution in [2.24, 2.45) is 0 Å². The Morgan fingerprint density at radius 1 is 1.11 bits per heavy atom. The molecule has 0 heterocycles. The molecule has 1 atom stereocenters. The first kappa shape index (κ1) is 31.2. The Morgan fingerprint density at radius 2 is 1.71 bits per heavy atom. The number of methoxy groups -OCH3 is 1. The summed E-state index contributed by atoms with van der Waals surface area (Å²) >= 11 is 6.09. The van der Waals surface area contributed by atoms with E-state index in [-0.39, 0.29) is 24.0 Å². The SMILES string of the molecule is CCC(C(=O)NC(C)C)N(Cc1ccc(OC)cc1)C(=O)CN(c1cc(C(F)(F)F)ccc1Cl)S(C)(=O)=O. The van der Waals surface area contributed by atoms with Crippen LogP contribution in [0.5, 0.6) is 5.75 Å². The van der Waals surface area contributed by atoms with Gasteiger partial charge in [0.15, 0.2) is 0 Å². The number of nitrogens with one attached hydrogen (secondary N) is 1. The first-order valence-corrected chi connectivity index (χ1v) is 13.9. The van der Waals surface area contributed by atoms with E-state index < -0.39 is 51.9 Å². The number of carbonyl (C=O) groups is 2. The molecule has 0 saturated heterocycles. The number of amides is 2. The zero-order chi connectivity index (χ0) is 28.8. The van der Waals surface area contributed by atoms with Gasteiger partial charge in [-0.2, -0.15) is 13.2 Å². The van der Waals surface area contributed by atoms with Gasteiger partial charge in [-0.3, -0.25) is 13.9 Å². The molecule has 0 bridgehead atoms. The Hall–Kier alpha value is -2.99. The highest BCUT2D eigenvalue weighted by atomic mass is 35.5. The maximum absolute atomic E-state index is 13.6. The first-order chi connectivity index (χ1) is 17.6. The summed E-state index contributed by atoms with van der Waals surface area (Å²) in [6.45, 7) is 4.25. The van der Waals surface area contributed by atoms with Crippen LogP contribution in [-0.4, -0.2) is 57.1 Å². The van der Waals surface area contributed by atoms with Crippen LogP contribution in [0.25, 0.3) is 0 Å². The lowest BCUT2D eigenvalue weighted by Crippen LogP contribution is -2.53. The van der Waals surface area contributed by atoms with Gasteiger partial charge in [0, 0.05) is 12.6 Å². The smallest absolute Gasteiger partial charge is 0.416 e. The highest BCUT2D eigenvalue weighted by Gasteiger charge is 2.35. The quantitative estimate of drug-likeness (QED) is 0.425. The summed E-state index contributed by atoms with van der Waals surface area (Å²) < 4.78 is 71.1. The monoisotopic (exact) mass is 577 g/mol. The van der Waals surface area contributed by atoms with Crippen LogP contribution in [-0.2, 0) is 32.3 Å². The highest BCUT2D eigenvalue weighted by molar-refractivity contribution is 7.92. The number of hydrogen-bond donors (Lipinski definition) is 1. The number of ether oxygens (including phenoxy) is 1. The van der Waals surface area contributed by atoms with E-state index in [2.05, 4.69) is 5.32 Å². The van der Waals surface area contributed by atoms with Crippen molar-refractivity contribution in [3.05, 3.63) is 58.6 Å². The fourth-order valence-electron chi connectivity index (χ4n) is 3.70. The van der Waals surface area contributed by atoms with Gasteiger partial charge in [-0.25, -0.2) is 8.42 Å². The van der Waals surface area contributed by atoms with Gasteiger partial charge in [-0.05, 0) is 56.2 Å². The summed E-state index contributed by atoms with van der Waals surface area (Å²) in [4.78, 5) is 27.8. The molecule has 8 nitrogen and oxygen atoms in total. The Bertz CT molecular complexity index is 1240. The Morgan fingerprint density at radius 3 is 2.18 bits per heavy atom. The van der Waals surface area contributed by atoms with Crippen LogP contribution in [0, 0.1) is 0 Å². The van der Waals surface area contributed by atoms with Crippen LogP contribution in [0.1, 0.15) is 38.3 Å². The summed E-state index contributed by atoms with van der Waals surface area (Å²) in [5.74, 6) is -0.684. The second-order valence-electron chi connectivity index (χ2n) is 8.89. The van der Waals surface area contributed by atoms with Gasteiger partial charge in [-0.15, -0.1) is 0 Å². The van der Waals surface area contributed by atoms with Gasteiger partial charge in [-0.1, -0.05) is 30.7 Å². The maximum atomic E-state index is 13.6. The summed E-state index contributed by atoms with van der Waals surface area (Å²) in [7, 11) is -2.77. The zero-order valence-electron chi connectivity index (χ0n) is 21.7. The molecule has 13 heteroatoms. The van der Waals surface area contributed by atoms with Gasteiger partial charge in [0.1, 0.15) is 18.3 Å². The van der Waals surface area contributed by atoms with Crippen LogP contribution in [0.15, 0.2) is 42.5 Å². The number of sulfonamides is 1. The number of alkyl halides is 3. The molecule has 2 aromatic carbocycles. The van der Waals surface area contributed by atoms with Crippen LogP contribution in [0.3, 0.4) is 0 Å². The molecule has 1 unspecified atom stereocenters. The standard InChI is InChI=1S/C25H31ClF3N3O5S/c1-6-21(24(34)30-16(2)3)31(14-17-7-10-19(37-4)11-8-17)23(33)15-32(38(5,35)36)22-13-18(25(27,28)29)9-12-20(22)26/h7-13,16,21H,6,14-15H2,1-5H3,(H,30,34). The lowest BCUT2D eigenvalue weighted by atomic mass is 10.1. The second kappa shape index (κ2) is 12.7. The number of benzene rings is 2. The fraction of sp³-hybridized carbons (Fsp3) is 0.440. The van der Waals surface area contributed by atoms with Gasteiger partial charge >= 0.3 is 6.18 Å². The molecule has 0 aliphatic rings. The largest absolute Gasteiger partial charge is 0.497 e. The third-order valence-electron chi connectivity index (χ3n) is 5.55. The van der Waals surface area contributed by atoms with Gasteiger partial charge in [0.2, 0.25) is 21.8 Å². The molecular formula is C25H31ClF3N3O5S. The van der Waals surface area contributed by atoms with Crippen molar-refractivity contribution < 1.29 is 35.9 Å². The molecule has 0 spiro atoms. The summed E-state index contributed by atoms with van der Waals surface area (Å²) in [6, 6.07) is 7.70. The molecule has 0 aliphatic carbocycles. The molecular weight excluding hydrogens is 547 g/mol. The first-order valence-electron chi connectivity index (χ1n) is 11.7. The predicted molar refractivity (Wildman–Crippen MR) is 140 cm³/mol. The summed E-state index contributed by atoms with van der Waals surface area (Å²) in [5, 5.41) is 2.46. The van der Waals surface area contributed by atoms with Crippen molar-refractivity contribution in [3.63, 3.8) is 0 Å². The third kappa shape index (κ3) is 8.26. The van der Waals surface area contributed by atoms with E-state index in [1.165, 1.54) is 12.0 Å².